The van der Waals surface area contributed by atoms with E-state index in [1.165, 1.54) is 0 Å². The lowest BCUT2D eigenvalue weighted by molar-refractivity contribution is 0.118. The van der Waals surface area contributed by atoms with Gasteiger partial charge in [0.1, 0.15) is 18.5 Å². The van der Waals surface area contributed by atoms with Crippen LogP contribution in [0.25, 0.3) is 0 Å². The van der Waals surface area contributed by atoms with Gasteiger partial charge in [0.05, 0.1) is 0 Å². The fourth-order valence-electron chi connectivity index (χ4n) is 1.14. The summed E-state index contributed by atoms with van der Waals surface area (Å²) in [5.74, 6) is 0. The molecule has 9 heavy (non-hydrogen) atoms. The van der Waals surface area contributed by atoms with Crippen LogP contribution in [0.1, 0.15) is 19.3 Å². The van der Waals surface area contributed by atoms with E-state index in [0.29, 0.717) is 0 Å². The second-order valence-electron chi connectivity index (χ2n) is 2.62. The minimum Gasteiger partial charge on any atom is -0.248 e. The molecular weight excluding hydrogens is 129 g/mol. The maximum absolute atomic E-state index is 12.7. The van der Waals surface area contributed by atoms with Crippen LogP contribution in [-0.2, 0) is 0 Å². The molecule has 0 aliphatic heterocycles. The minimum atomic E-state index is -1.83. The van der Waals surface area contributed by atoms with Gasteiger partial charge in [-0.05, 0) is 12.8 Å². The fourth-order valence-corrected chi connectivity index (χ4v) is 1.14. The number of alkyl halides is 3. The summed E-state index contributed by atoms with van der Waals surface area (Å²) < 4.78 is 36.6. The molecule has 0 heterocycles. The summed E-state index contributed by atoms with van der Waals surface area (Å²) in [7, 11) is 0. The van der Waals surface area contributed by atoms with Gasteiger partial charge < -0.3 is 0 Å². The highest BCUT2D eigenvalue weighted by atomic mass is 19.2. The Morgan fingerprint density at radius 2 is 2.22 bits per heavy atom. The van der Waals surface area contributed by atoms with Crippen molar-refractivity contribution in [3.8, 4) is 0 Å². The number of hydrogen-bond acceptors (Lipinski definition) is 0. The topological polar surface area (TPSA) is 0 Å². The van der Waals surface area contributed by atoms with Crippen LogP contribution in [0.3, 0.4) is 0 Å². The smallest absolute Gasteiger partial charge is 0.142 e. The van der Waals surface area contributed by atoms with Gasteiger partial charge in [-0.15, -0.1) is 0 Å². The molecule has 0 nitrogen and oxygen atoms in total. The highest BCUT2D eigenvalue weighted by molar-refractivity contribution is 4.89. The Labute approximate surface area is 52.1 Å². The molecule has 0 aromatic carbocycles. The molecule has 1 aliphatic carbocycles. The second kappa shape index (κ2) is 2.20. The van der Waals surface area contributed by atoms with Crippen molar-refractivity contribution in [3.05, 3.63) is 0 Å². The summed E-state index contributed by atoms with van der Waals surface area (Å²) in [5, 5.41) is 0. The predicted octanol–water partition coefficient (Wildman–Crippen LogP) is 2.19. The Morgan fingerprint density at radius 1 is 1.56 bits per heavy atom. The maximum Gasteiger partial charge on any atom is 0.142 e. The quantitative estimate of drug-likeness (QED) is 0.521. The van der Waals surface area contributed by atoms with Gasteiger partial charge in [-0.25, -0.2) is 13.2 Å². The molecule has 1 saturated carbocycles. The lowest BCUT2D eigenvalue weighted by Crippen LogP contribution is -2.21. The van der Waals surface area contributed by atoms with Crippen molar-refractivity contribution in [3.63, 3.8) is 0 Å². The molecule has 1 rings (SSSR count). The van der Waals surface area contributed by atoms with Crippen molar-refractivity contribution >= 4 is 0 Å². The van der Waals surface area contributed by atoms with E-state index in [4.69, 9.17) is 0 Å². The molecule has 54 valence electrons. The lowest BCUT2D eigenvalue weighted by Gasteiger charge is -2.11. The SMILES string of the molecule is FCC1(F)CCC(F)C1. The van der Waals surface area contributed by atoms with Gasteiger partial charge in [0, 0.05) is 6.42 Å². The van der Waals surface area contributed by atoms with Crippen LogP contribution in [0.5, 0.6) is 0 Å². The van der Waals surface area contributed by atoms with Crippen LogP contribution in [0, 0.1) is 0 Å². The molecule has 0 amide bonds. The van der Waals surface area contributed by atoms with E-state index >= 15 is 0 Å². The van der Waals surface area contributed by atoms with E-state index in [0.717, 1.165) is 0 Å². The van der Waals surface area contributed by atoms with Gasteiger partial charge in [-0.1, -0.05) is 0 Å². The molecule has 0 radical (unpaired) electrons. The van der Waals surface area contributed by atoms with E-state index in [1.54, 1.807) is 0 Å². The summed E-state index contributed by atoms with van der Waals surface area (Å²) in [6, 6.07) is 0. The predicted molar refractivity (Wildman–Crippen MR) is 28.6 cm³/mol. The van der Waals surface area contributed by atoms with Crippen LogP contribution in [0.2, 0.25) is 0 Å². The van der Waals surface area contributed by atoms with Gasteiger partial charge in [0.25, 0.3) is 0 Å². The Morgan fingerprint density at radius 3 is 2.44 bits per heavy atom. The Kier molecular flexibility index (Phi) is 1.68. The number of rotatable bonds is 1. The summed E-state index contributed by atoms with van der Waals surface area (Å²) in [4.78, 5) is 0. The molecular formula is C6H9F3. The Hall–Kier alpha value is -0.210. The highest BCUT2D eigenvalue weighted by Crippen LogP contribution is 2.35. The fraction of sp³-hybridized carbons (Fsp3) is 1.00. The normalized spacial score (nSPS) is 43.7. The average Bonchev–Trinajstić information content (AvgIpc) is 2.13. The summed E-state index contributed by atoms with van der Waals surface area (Å²) in [5.41, 5.74) is -1.83. The van der Waals surface area contributed by atoms with Gasteiger partial charge >= 0.3 is 0 Å². The van der Waals surface area contributed by atoms with Crippen LogP contribution in [0.15, 0.2) is 0 Å². The van der Waals surface area contributed by atoms with E-state index in [1.807, 2.05) is 0 Å². The molecule has 1 aliphatic rings. The maximum atomic E-state index is 12.7. The first-order chi connectivity index (χ1) is 4.16. The van der Waals surface area contributed by atoms with Crippen LogP contribution in [0.4, 0.5) is 13.2 Å². The monoisotopic (exact) mass is 138 g/mol. The van der Waals surface area contributed by atoms with E-state index in [9.17, 15) is 13.2 Å². The van der Waals surface area contributed by atoms with Crippen molar-refractivity contribution in [2.45, 2.75) is 31.1 Å². The zero-order valence-corrected chi connectivity index (χ0v) is 5.04. The molecule has 3 heteroatoms. The first-order valence-electron chi connectivity index (χ1n) is 3.05. The molecule has 0 N–H and O–H groups in total. The van der Waals surface area contributed by atoms with Crippen molar-refractivity contribution in [2.24, 2.45) is 0 Å². The average molecular weight is 138 g/mol. The van der Waals surface area contributed by atoms with Gasteiger partial charge in [-0.3, -0.25) is 0 Å². The van der Waals surface area contributed by atoms with E-state index in [-0.39, 0.29) is 19.3 Å². The third-order valence-electron chi connectivity index (χ3n) is 1.73. The van der Waals surface area contributed by atoms with Gasteiger partial charge in [-0.2, -0.15) is 0 Å². The molecule has 2 atom stereocenters. The van der Waals surface area contributed by atoms with E-state index < -0.39 is 18.5 Å². The minimum absolute atomic E-state index is 0.0463. The first-order valence-corrected chi connectivity index (χ1v) is 3.05. The Bertz CT molecular complexity index is 104. The zero-order chi connectivity index (χ0) is 6.91. The first kappa shape index (κ1) is 6.90. The van der Waals surface area contributed by atoms with Crippen molar-refractivity contribution in [1.82, 2.24) is 0 Å². The molecule has 0 aromatic rings. The molecule has 0 aromatic heterocycles. The standard InChI is InChI=1S/C6H9F3/c7-4-6(9)2-1-5(8)3-6/h5H,1-4H2. The molecule has 2 unspecified atom stereocenters. The highest BCUT2D eigenvalue weighted by Gasteiger charge is 2.39. The van der Waals surface area contributed by atoms with E-state index in [2.05, 4.69) is 0 Å². The molecule has 1 fully saturated rings. The number of hydrogen-bond donors (Lipinski definition) is 0. The molecule has 0 bridgehead atoms. The van der Waals surface area contributed by atoms with Crippen molar-refractivity contribution in [1.29, 1.82) is 0 Å². The van der Waals surface area contributed by atoms with Gasteiger partial charge in [0.15, 0.2) is 0 Å². The molecule has 0 spiro atoms. The Balaban J connectivity index is 2.45. The summed E-state index contributed by atoms with van der Waals surface area (Å²) in [6.45, 7) is -1.03. The van der Waals surface area contributed by atoms with Crippen molar-refractivity contribution < 1.29 is 13.2 Å². The third kappa shape index (κ3) is 1.37. The van der Waals surface area contributed by atoms with Crippen molar-refractivity contribution in [2.75, 3.05) is 6.67 Å². The number of halogens is 3. The van der Waals surface area contributed by atoms with Gasteiger partial charge in [0.2, 0.25) is 0 Å². The van der Waals surface area contributed by atoms with Crippen LogP contribution in [-0.4, -0.2) is 18.5 Å². The summed E-state index contributed by atoms with van der Waals surface area (Å²) >= 11 is 0. The zero-order valence-electron chi connectivity index (χ0n) is 5.04. The second-order valence-corrected chi connectivity index (χ2v) is 2.62. The molecule has 0 saturated heterocycles. The largest absolute Gasteiger partial charge is 0.248 e. The lowest BCUT2D eigenvalue weighted by atomic mass is 10.1. The van der Waals surface area contributed by atoms with Crippen LogP contribution < -0.4 is 0 Å². The third-order valence-corrected chi connectivity index (χ3v) is 1.73. The summed E-state index contributed by atoms with van der Waals surface area (Å²) in [6.07, 6.45) is -1.14. The van der Waals surface area contributed by atoms with Crippen LogP contribution >= 0.6 is 0 Å².